The molecule has 4 heteroatoms. The van der Waals surface area contributed by atoms with Crippen LogP contribution in [-0.2, 0) is 0 Å². The molecule has 0 amide bonds. The number of rotatable bonds is 6. The van der Waals surface area contributed by atoms with Gasteiger partial charge in [0.05, 0.1) is 10.5 Å². The summed E-state index contributed by atoms with van der Waals surface area (Å²) in [6.07, 6.45) is 0. The Balaban J connectivity index is 2.14. The SMILES string of the molecule is O=[N+]([O-])C(c1ccccc1)[P+](c1ccccc1)(c1ccccc1)c1ccccc1. The average Bonchev–Trinajstić information content (AvgIpc) is 2.79. The van der Waals surface area contributed by atoms with Crippen molar-refractivity contribution >= 4 is 23.2 Å². The van der Waals surface area contributed by atoms with E-state index in [1.807, 2.05) is 121 Å². The first-order valence-corrected chi connectivity index (χ1v) is 11.3. The normalized spacial score (nSPS) is 12.3. The summed E-state index contributed by atoms with van der Waals surface area (Å²) < 4.78 is 0. The van der Waals surface area contributed by atoms with Gasteiger partial charge in [0, 0.05) is 0 Å². The highest BCUT2D eigenvalue weighted by atomic mass is 31.2. The molecule has 1 atom stereocenters. The van der Waals surface area contributed by atoms with Gasteiger partial charge < -0.3 is 0 Å². The van der Waals surface area contributed by atoms with Gasteiger partial charge in [-0.1, -0.05) is 72.8 Å². The first-order valence-electron chi connectivity index (χ1n) is 9.48. The quantitative estimate of drug-likeness (QED) is 0.262. The van der Waals surface area contributed by atoms with Gasteiger partial charge >= 0.3 is 5.78 Å². The van der Waals surface area contributed by atoms with Gasteiger partial charge in [0.1, 0.15) is 15.9 Å². The summed E-state index contributed by atoms with van der Waals surface area (Å²) in [7, 11) is -2.64. The summed E-state index contributed by atoms with van der Waals surface area (Å²) in [4.78, 5) is 12.6. The van der Waals surface area contributed by atoms with Crippen molar-refractivity contribution in [1.82, 2.24) is 0 Å². The lowest BCUT2D eigenvalue weighted by Crippen LogP contribution is -2.37. The van der Waals surface area contributed by atoms with E-state index in [0.717, 1.165) is 21.5 Å². The molecule has 0 aliphatic heterocycles. The van der Waals surface area contributed by atoms with Crippen LogP contribution in [0.2, 0.25) is 0 Å². The lowest BCUT2D eigenvalue weighted by Gasteiger charge is -2.29. The second kappa shape index (κ2) is 8.38. The van der Waals surface area contributed by atoms with E-state index in [-0.39, 0.29) is 4.92 Å². The van der Waals surface area contributed by atoms with Gasteiger partial charge in [-0.05, 0) is 48.5 Å². The molecule has 0 aromatic heterocycles. The second-order valence-electron chi connectivity index (χ2n) is 6.80. The summed E-state index contributed by atoms with van der Waals surface area (Å²) in [6, 6.07) is 39.3. The molecular formula is C25H21NO2P+. The van der Waals surface area contributed by atoms with Crippen LogP contribution in [0.5, 0.6) is 0 Å². The van der Waals surface area contributed by atoms with E-state index in [0.29, 0.717) is 0 Å². The minimum absolute atomic E-state index is 0.101. The molecular weight excluding hydrogens is 377 g/mol. The second-order valence-corrected chi connectivity index (χ2v) is 10.3. The van der Waals surface area contributed by atoms with Crippen LogP contribution in [0.4, 0.5) is 0 Å². The molecule has 3 nitrogen and oxygen atoms in total. The topological polar surface area (TPSA) is 43.1 Å². The number of hydrogen-bond acceptors (Lipinski definition) is 2. The highest BCUT2D eigenvalue weighted by Gasteiger charge is 2.60. The lowest BCUT2D eigenvalue weighted by molar-refractivity contribution is -0.502. The van der Waals surface area contributed by atoms with E-state index >= 15 is 0 Å². The van der Waals surface area contributed by atoms with Gasteiger partial charge in [-0.25, -0.2) is 0 Å². The maximum Gasteiger partial charge on any atom is 0.346 e. The van der Waals surface area contributed by atoms with Gasteiger partial charge in [-0.2, -0.15) is 0 Å². The molecule has 0 saturated carbocycles. The van der Waals surface area contributed by atoms with Crippen molar-refractivity contribution in [1.29, 1.82) is 0 Å². The standard InChI is InChI=1S/C25H21NO2P/c27-26(28)25(21-13-5-1-6-14-21)29(22-15-7-2-8-16-22,23-17-9-3-10-18-23)24-19-11-4-12-20-24/h1-20,25H/q+1. The number of nitrogens with zero attached hydrogens (tertiary/aromatic N) is 1. The molecule has 0 bridgehead atoms. The highest BCUT2D eigenvalue weighted by Crippen LogP contribution is 2.66. The number of hydrogen-bond donors (Lipinski definition) is 0. The predicted octanol–water partition coefficient (Wildman–Crippen LogP) is 4.96. The third kappa shape index (κ3) is 3.46. The van der Waals surface area contributed by atoms with E-state index in [2.05, 4.69) is 0 Å². The fraction of sp³-hybridized carbons (Fsp3) is 0.0400. The largest absolute Gasteiger partial charge is 0.346 e. The average molecular weight is 398 g/mol. The maximum atomic E-state index is 12.7. The molecule has 0 saturated heterocycles. The molecule has 4 aromatic rings. The van der Waals surface area contributed by atoms with Crippen molar-refractivity contribution in [3.63, 3.8) is 0 Å². The maximum absolute atomic E-state index is 12.7. The fourth-order valence-electron chi connectivity index (χ4n) is 3.97. The molecule has 29 heavy (non-hydrogen) atoms. The minimum Gasteiger partial charge on any atom is -0.261 e. The van der Waals surface area contributed by atoms with Crippen LogP contribution in [0.15, 0.2) is 121 Å². The van der Waals surface area contributed by atoms with Gasteiger partial charge in [0.2, 0.25) is 0 Å². The van der Waals surface area contributed by atoms with Crippen molar-refractivity contribution < 1.29 is 4.92 Å². The van der Waals surface area contributed by atoms with Crippen LogP contribution in [0.1, 0.15) is 11.3 Å². The molecule has 0 N–H and O–H groups in total. The van der Waals surface area contributed by atoms with E-state index in [9.17, 15) is 10.1 Å². The minimum atomic E-state index is -2.64. The van der Waals surface area contributed by atoms with Gasteiger partial charge in [-0.3, -0.25) is 10.1 Å². The monoisotopic (exact) mass is 398 g/mol. The van der Waals surface area contributed by atoms with Crippen molar-refractivity contribution in [3.8, 4) is 0 Å². The Bertz CT molecular complexity index is 974. The Hall–Kier alpha value is -3.29. The molecule has 0 fully saturated rings. The Morgan fingerprint density at radius 3 is 1.17 bits per heavy atom. The molecule has 4 aromatic carbocycles. The molecule has 0 aliphatic rings. The van der Waals surface area contributed by atoms with E-state index < -0.39 is 13.0 Å². The third-order valence-electron chi connectivity index (χ3n) is 5.15. The van der Waals surface area contributed by atoms with Crippen LogP contribution in [0.25, 0.3) is 0 Å². The highest BCUT2D eigenvalue weighted by molar-refractivity contribution is 7.95. The van der Waals surface area contributed by atoms with Crippen LogP contribution in [0.3, 0.4) is 0 Å². The van der Waals surface area contributed by atoms with Crippen LogP contribution in [-0.4, -0.2) is 4.92 Å². The predicted molar refractivity (Wildman–Crippen MR) is 121 cm³/mol. The van der Waals surface area contributed by atoms with Gasteiger partial charge in [0.25, 0.3) is 0 Å². The van der Waals surface area contributed by atoms with Gasteiger partial charge in [0.15, 0.2) is 7.26 Å². The Morgan fingerprint density at radius 1 is 0.552 bits per heavy atom. The van der Waals surface area contributed by atoms with Crippen LogP contribution >= 0.6 is 7.26 Å². The number of nitro groups is 1. The molecule has 0 heterocycles. The lowest BCUT2D eigenvalue weighted by atomic mass is 10.2. The van der Waals surface area contributed by atoms with Crippen molar-refractivity contribution in [3.05, 3.63) is 137 Å². The fourth-order valence-corrected chi connectivity index (χ4v) is 8.54. The molecule has 4 rings (SSSR count). The van der Waals surface area contributed by atoms with Gasteiger partial charge in [-0.15, -0.1) is 0 Å². The zero-order valence-electron chi connectivity index (χ0n) is 15.8. The van der Waals surface area contributed by atoms with Crippen molar-refractivity contribution in [2.75, 3.05) is 0 Å². The summed E-state index contributed by atoms with van der Waals surface area (Å²) >= 11 is 0. The molecule has 1 unspecified atom stereocenters. The smallest absolute Gasteiger partial charge is 0.261 e. The summed E-state index contributed by atoms with van der Waals surface area (Å²) in [6.45, 7) is 0. The van der Waals surface area contributed by atoms with E-state index in [1.54, 1.807) is 0 Å². The molecule has 0 aliphatic carbocycles. The summed E-state index contributed by atoms with van der Waals surface area (Å²) in [5.74, 6) is -0.879. The van der Waals surface area contributed by atoms with Crippen molar-refractivity contribution in [2.24, 2.45) is 0 Å². The van der Waals surface area contributed by atoms with Crippen LogP contribution < -0.4 is 15.9 Å². The van der Waals surface area contributed by atoms with E-state index in [1.165, 1.54) is 0 Å². The van der Waals surface area contributed by atoms with Crippen LogP contribution in [0, 0.1) is 10.1 Å². The Morgan fingerprint density at radius 2 is 0.862 bits per heavy atom. The molecule has 0 spiro atoms. The molecule has 0 radical (unpaired) electrons. The summed E-state index contributed by atoms with van der Waals surface area (Å²) in [5, 5.41) is 15.7. The Kier molecular flexibility index (Phi) is 5.50. The zero-order chi connectivity index (χ0) is 20.1. The van der Waals surface area contributed by atoms with E-state index in [4.69, 9.17) is 0 Å². The first-order chi connectivity index (χ1) is 14.2. The summed E-state index contributed by atoms with van der Waals surface area (Å²) in [5.41, 5.74) is 0.724. The first kappa shape index (κ1) is 19.0. The molecule has 142 valence electrons. The van der Waals surface area contributed by atoms with Crippen molar-refractivity contribution in [2.45, 2.75) is 5.78 Å². The third-order valence-corrected chi connectivity index (χ3v) is 9.71. The number of benzene rings is 4. The zero-order valence-corrected chi connectivity index (χ0v) is 16.7. The Labute approximate surface area is 171 Å².